The van der Waals surface area contributed by atoms with Crippen LogP contribution in [0.2, 0.25) is 0 Å². The van der Waals surface area contributed by atoms with E-state index in [1.807, 2.05) is 0 Å². The molecule has 112 valence electrons. The Morgan fingerprint density at radius 2 is 1.91 bits per heavy atom. The summed E-state index contributed by atoms with van der Waals surface area (Å²) in [7, 11) is 0. The zero-order valence-electron chi connectivity index (χ0n) is 11.8. The Kier molecular flexibility index (Phi) is 5.03. The van der Waals surface area contributed by atoms with Crippen LogP contribution in [0.1, 0.15) is 21.5 Å². The Morgan fingerprint density at radius 3 is 2.64 bits per heavy atom. The molecule has 0 fully saturated rings. The van der Waals surface area contributed by atoms with Crippen molar-refractivity contribution in [2.45, 2.75) is 6.54 Å². The van der Waals surface area contributed by atoms with E-state index >= 15 is 0 Å². The van der Waals surface area contributed by atoms with E-state index < -0.39 is 5.91 Å². The molecule has 2 aromatic rings. The highest BCUT2D eigenvalue weighted by Gasteiger charge is 2.02. The molecule has 2 aromatic carbocycles. The first-order valence-electron chi connectivity index (χ1n) is 6.65. The molecule has 0 radical (unpaired) electrons. The largest absolute Gasteiger partial charge is 0.366 e. The van der Waals surface area contributed by atoms with E-state index in [4.69, 9.17) is 5.73 Å². The standard InChI is InChI=1S/C17H15FN2O2/c18-15-6-2-3-12(10-15)7-8-16(21)20-11-13-4-1-5-14(9-13)17(19)22/h1-10H,11H2,(H2,19,22)(H,20,21)/b8-7+. The van der Waals surface area contributed by atoms with Crippen LogP contribution in [-0.2, 0) is 11.3 Å². The number of hydrogen-bond acceptors (Lipinski definition) is 2. The second kappa shape index (κ2) is 7.17. The van der Waals surface area contributed by atoms with Gasteiger partial charge < -0.3 is 11.1 Å². The van der Waals surface area contributed by atoms with Crippen molar-refractivity contribution < 1.29 is 14.0 Å². The quantitative estimate of drug-likeness (QED) is 0.831. The molecule has 2 rings (SSSR count). The Balaban J connectivity index is 1.93. The van der Waals surface area contributed by atoms with Gasteiger partial charge >= 0.3 is 0 Å². The smallest absolute Gasteiger partial charge is 0.248 e. The number of carbonyl (C=O) groups is 2. The van der Waals surface area contributed by atoms with E-state index in [0.29, 0.717) is 11.1 Å². The van der Waals surface area contributed by atoms with Crippen molar-refractivity contribution in [3.63, 3.8) is 0 Å². The molecule has 0 saturated carbocycles. The minimum absolute atomic E-state index is 0.271. The fraction of sp³-hybridized carbons (Fsp3) is 0.0588. The van der Waals surface area contributed by atoms with Gasteiger partial charge in [0.25, 0.3) is 0 Å². The Morgan fingerprint density at radius 1 is 1.14 bits per heavy atom. The molecule has 22 heavy (non-hydrogen) atoms. The lowest BCUT2D eigenvalue weighted by Crippen LogP contribution is -2.20. The first-order chi connectivity index (χ1) is 10.5. The lowest BCUT2D eigenvalue weighted by atomic mass is 10.1. The summed E-state index contributed by atoms with van der Waals surface area (Å²) in [5, 5.41) is 2.68. The summed E-state index contributed by atoms with van der Waals surface area (Å²) in [5.41, 5.74) is 6.96. The number of amides is 2. The van der Waals surface area contributed by atoms with Gasteiger partial charge in [-0.05, 0) is 41.5 Å². The van der Waals surface area contributed by atoms with Gasteiger partial charge in [-0.25, -0.2) is 4.39 Å². The third-order valence-electron chi connectivity index (χ3n) is 2.95. The normalized spacial score (nSPS) is 10.6. The number of halogens is 1. The van der Waals surface area contributed by atoms with E-state index in [-0.39, 0.29) is 18.3 Å². The molecule has 0 saturated heterocycles. The number of hydrogen-bond donors (Lipinski definition) is 2. The fourth-order valence-electron chi connectivity index (χ4n) is 1.86. The number of nitrogens with two attached hydrogens (primary N) is 1. The van der Waals surface area contributed by atoms with Gasteiger partial charge in [0.05, 0.1) is 0 Å². The van der Waals surface area contributed by atoms with E-state index in [1.165, 1.54) is 24.3 Å². The number of rotatable bonds is 5. The summed E-state index contributed by atoms with van der Waals surface area (Å²) < 4.78 is 13.0. The Hall–Kier alpha value is -2.95. The van der Waals surface area contributed by atoms with E-state index in [9.17, 15) is 14.0 Å². The molecule has 0 bridgehead atoms. The van der Waals surface area contributed by atoms with Crippen LogP contribution in [0, 0.1) is 5.82 Å². The molecule has 5 heteroatoms. The van der Waals surface area contributed by atoms with Crippen LogP contribution in [0.25, 0.3) is 6.08 Å². The second-order valence-corrected chi connectivity index (χ2v) is 4.67. The monoisotopic (exact) mass is 298 g/mol. The molecule has 0 aliphatic carbocycles. The van der Waals surface area contributed by atoms with E-state index in [1.54, 1.807) is 36.4 Å². The number of carbonyl (C=O) groups excluding carboxylic acids is 2. The molecule has 3 N–H and O–H groups in total. The lowest BCUT2D eigenvalue weighted by molar-refractivity contribution is -0.116. The summed E-state index contributed by atoms with van der Waals surface area (Å²) in [6, 6.07) is 12.7. The summed E-state index contributed by atoms with van der Waals surface area (Å²) in [6.45, 7) is 0.271. The molecule has 0 aliphatic rings. The van der Waals surface area contributed by atoms with Crippen molar-refractivity contribution in [1.29, 1.82) is 0 Å². The topological polar surface area (TPSA) is 72.2 Å². The first kappa shape index (κ1) is 15.4. The molecule has 0 unspecified atom stereocenters. The summed E-state index contributed by atoms with van der Waals surface area (Å²) in [6.07, 6.45) is 2.85. The predicted octanol–water partition coefficient (Wildman–Crippen LogP) is 2.25. The first-order valence-corrected chi connectivity index (χ1v) is 6.65. The molecular formula is C17H15FN2O2. The van der Waals surface area contributed by atoms with Gasteiger partial charge in [0, 0.05) is 18.2 Å². The average Bonchev–Trinajstić information content (AvgIpc) is 2.51. The number of nitrogens with one attached hydrogen (secondary N) is 1. The summed E-state index contributed by atoms with van der Waals surface area (Å²) in [5.74, 6) is -1.18. The molecular weight excluding hydrogens is 283 g/mol. The number of benzene rings is 2. The molecule has 0 atom stereocenters. The Labute approximate surface area is 127 Å². The SMILES string of the molecule is NC(=O)c1cccc(CNC(=O)/C=C/c2cccc(F)c2)c1. The van der Waals surface area contributed by atoms with Crippen LogP contribution in [0.5, 0.6) is 0 Å². The number of primary amides is 1. The van der Waals surface area contributed by atoms with Gasteiger partial charge in [-0.3, -0.25) is 9.59 Å². The molecule has 2 amide bonds. The van der Waals surface area contributed by atoms with Crippen molar-refractivity contribution in [2.24, 2.45) is 5.73 Å². The van der Waals surface area contributed by atoms with Crippen molar-refractivity contribution >= 4 is 17.9 Å². The van der Waals surface area contributed by atoms with Crippen LogP contribution in [0.4, 0.5) is 4.39 Å². The van der Waals surface area contributed by atoms with Crippen LogP contribution in [0.15, 0.2) is 54.6 Å². The third kappa shape index (κ3) is 4.56. The predicted molar refractivity (Wildman–Crippen MR) is 82.2 cm³/mol. The minimum atomic E-state index is -0.515. The summed E-state index contributed by atoms with van der Waals surface area (Å²) in [4.78, 5) is 22.8. The van der Waals surface area contributed by atoms with Crippen LogP contribution < -0.4 is 11.1 Å². The van der Waals surface area contributed by atoms with Crippen LogP contribution in [0.3, 0.4) is 0 Å². The van der Waals surface area contributed by atoms with E-state index in [2.05, 4.69) is 5.32 Å². The zero-order chi connectivity index (χ0) is 15.9. The van der Waals surface area contributed by atoms with Crippen molar-refractivity contribution in [2.75, 3.05) is 0 Å². The molecule has 4 nitrogen and oxygen atoms in total. The van der Waals surface area contributed by atoms with E-state index in [0.717, 1.165) is 5.56 Å². The maximum Gasteiger partial charge on any atom is 0.248 e. The third-order valence-corrected chi connectivity index (χ3v) is 2.95. The van der Waals surface area contributed by atoms with Gasteiger partial charge in [0.15, 0.2) is 0 Å². The highest BCUT2D eigenvalue weighted by molar-refractivity contribution is 5.93. The molecule has 0 aliphatic heterocycles. The second-order valence-electron chi connectivity index (χ2n) is 4.67. The Bertz CT molecular complexity index is 726. The molecule has 0 heterocycles. The lowest BCUT2D eigenvalue weighted by Gasteiger charge is -2.04. The summed E-state index contributed by atoms with van der Waals surface area (Å²) >= 11 is 0. The zero-order valence-corrected chi connectivity index (χ0v) is 11.8. The van der Waals surface area contributed by atoms with Crippen LogP contribution in [-0.4, -0.2) is 11.8 Å². The van der Waals surface area contributed by atoms with Crippen molar-refractivity contribution in [3.8, 4) is 0 Å². The fourth-order valence-corrected chi connectivity index (χ4v) is 1.86. The van der Waals surface area contributed by atoms with Crippen LogP contribution >= 0.6 is 0 Å². The minimum Gasteiger partial charge on any atom is -0.366 e. The highest BCUT2D eigenvalue weighted by Crippen LogP contribution is 2.06. The van der Waals surface area contributed by atoms with Crippen molar-refractivity contribution in [3.05, 3.63) is 77.1 Å². The van der Waals surface area contributed by atoms with Gasteiger partial charge in [-0.15, -0.1) is 0 Å². The molecule has 0 spiro atoms. The van der Waals surface area contributed by atoms with Gasteiger partial charge in [0.2, 0.25) is 11.8 Å². The van der Waals surface area contributed by atoms with Gasteiger partial charge in [-0.2, -0.15) is 0 Å². The maximum atomic E-state index is 13.0. The van der Waals surface area contributed by atoms with Crippen molar-refractivity contribution in [1.82, 2.24) is 5.32 Å². The average molecular weight is 298 g/mol. The maximum absolute atomic E-state index is 13.0. The van der Waals surface area contributed by atoms with Gasteiger partial charge in [0.1, 0.15) is 5.82 Å². The van der Waals surface area contributed by atoms with Gasteiger partial charge in [-0.1, -0.05) is 24.3 Å². The molecule has 0 aromatic heterocycles. The highest BCUT2D eigenvalue weighted by atomic mass is 19.1.